The van der Waals surface area contributed by atoms with Gasteiger partial charge in [-0.3, -0.25) is 28.8 Å². The van der Waals surface area contributed by atoms with Crippen LogP contribution in [0.3, 0.4) is 0 Å². The van der Waals surface area contributed by atoms with Crippen molar-refractivity contribution in [3.05, 3.63) is 198 Å². The molecule has 0 saturated heterocycles. The Morgan fingerprint density at radius 2 is 0.884 bits per heavy atom. The zero-order valence-corrected chi connectivity index (χ0v) is 67.8. The van der Waals surface area contributed by atoms with E-state index in [9.17, 15) is 95.0 Å². The Morgan fingerprint density at radius 3 is 1.31 bits per heavy atom. The van der Waals surface area contributed by atoms with Crippen molar-refractivity contribution in [1.29, 1.82) is 15.8 Å². The lowest BCUT2D eigenvalue weighted by Gasteiger charge is -2.41. The average Bonchev–Trinajstić information content (AvgIpc) is 0.764. The number of methoxy groups -OCH3 is 2. The summed E-state index contributed by atoms with van der Waals surface area (Å²) >= 11 is 6.01. The van der Waals surface area contributed by atoms with Crippen LogP contribution >= 0.6 is 11.6 Å². The molecule has 2 spiro atoms. The number of aliphatic hydroxyl groups is 1. The fourth-order valence-electron chi connectivity index (χ4n) is 13.8. The molecule has 644 valence electrons. The average molecular weight is 1760 g/mol. The van der Waals surface area contributed by atoms with Crippen molar-refractivity contribution in [3.63, 3.8) is 0 Å². The number of aliphatic hydroxyl groups excluding tert-OH is 1. The number of hydrogen-bond acceptors (Lipinski definition) is 20. The number of nitrogens with zero attached hydrogens (tertiary/aromatic N) is 4. The van der Waals surface area contributed by atoms with Crippen LogP contribution in [0.5, 0.6) is 34.5 Å². The van der Waals surface area contributed by atoms with E-state index >= 15 is 0 Å². The van der Waals surface area contributed by atoms with Crippen molar-refractivity contribution >= 4 is 74.7 Å². The first-order chi connectivity index (χ1) is 56.9. The molecule has 6 aromatic rings. The molecule has 0 aromatic heterocycles. The molecule has 40 heteroatoms. The minimum atomic E-state index is -1.59. The van der Waals surface area contributed by atoms with E-state index in [1.807, 2.05) is 0 Å². The Morgan fingerprint density at radius 1 is 0.512 bits per heavy atom. The summed E-state index contributed by atoms with van der Waals surface area (Å²) in [6.45, 7) is 11.6. The third-order valence-electron chi connectivity index (χ3n) is 19.3. The fraction of sp³-hybridized carbons (Fsp3) is 0.383. The summed E-state index contributed by atoms with van der Waals surface area (Å²) in [6, 6.07) is 15.6. The second kappa shape index (κ2) is 38.3. The van der Waals surface area contributed by atoms with Gasteiger partial charge in [0.05, 0.1) is 154 Å². The Kier molecular flexibility index (Phi) is 29.5. The molecule has 14 rings (SSSR count). The Balaban J connectivity index is 0.000000166. The number of esters is 2. The van der Waals surface area contributed by atoms with Gasteiger partial charge in [-0.05, 0) is 41.5 Å². The monoisotopic (exact) mass is 1760 g/mol. The van der Waals surface area contributed by atoms with Gasteiger partial charge < -0.3 is 59.0 Å². The van der Waals surface area contributed by atoms with Crippen molar-refractivity contribution in [1.82, 2.24) is 20.7 Å². The van der Waals surface area contributed by atoms with Crippen LogP contribution in [0.25, 0.3) is 0 Å². The van der Waals surface area contributed by atoms with E-state index in [0.717, 1.165) is 61.7 Å². The van der Waals surface area contributed by atoms with E-state index in [1.54, 1.807) is 59.8 Å². The maximum atomic E-state index is 14.5. The highest BCUT2D eigenvalue weighted by molar-refractivity contribution is 7.85. The standard InChI is InChI=1S/C16H21F2NO4S.C15H14F2N2O4.C14H9ClF2N2O2.C14H10F2N2O3.C13H15F2NO2S.C9H6F2O2/c1-15(2,3)24(21)19-16(9-13(20)22-4)5-6-23-12-8-10(17)7-11(18)14(12)16;1-22-13(21)8-15(19-12(20)2-4-18)3-5-23-11-7-9(16)6-10(17)14(11)15;15-9-5-14(19-13(20)8(9)6-18)1-2-21-11-4-7(16)3-10(17)12(11)14;15-7-3-9(16)12-11(4-7)21-2-1-14(12)5-10(19)8(6-17)13(20)18-14;1-13(2,3)19(17)16-10-4-5-18-11-7-8(14)6-9(15)12(10)11;10-5-3-6(11)9-7(12)1-2-13-8(9)4-5/h7-8,19H,5-6,9H2,1-4H3;6-7H,2-3,5,8H2,1H3,(H,19,20);3-4H,1-2,5H2,(H,19,20);3-4,19H,1-2,5H2,(H,18,20);6-7H,4-5H2,1-3H3;3-4H,1-2H2/t16-,24+;15-;2*14-;19-;/m00001./s1. The van der Waals surface area contributed by atoms with Crippen molar-refractivity contribution in [2.75, 3.05) is 53.9 Å². The lowest BCUT2D eigenvalue weighted by Crippen LogP contribution is -2.52. The Hall–Kier alpha value is -11.7. The lowest BCUT2D eigenvalue weighted by atomic mass is 9.78. The number of fused-ring (bicyclic) bond motifs is 8. The van der Waals surface area contributed by atoms with E-state index < -0.39 is 171 Å². The molecule has 0 fully saturated rings. The van der Waals surface area contributed by atoms with Crippen LogP contribution in [0.2, 0.25) is 0 Å². The van der Waals surface area contributed by atoms with Gasteiger partial charge in [-0.1, -0.05) is 11.6 Å². The molecule has 8 heterocycles. The molecule has 6 aromatic carbocycles. The topological polar surface area (TPSA) is 362 Å². The van der Waals surface area contributed by atoms with Crippen molar-refractivity contribution in [2.24, 2.45) is 4.40 Å². The van der Waals surface area contributed by atoms with Crippen LogP contribution in [0.1, 0.15) is 150 Å². The predicted octanol–water partition coefficient (Wildman–Crippen LogP) is 13.3. The van der Waals surface area contributed by atoms with Gasteiger partial charge >= 0.3 is 11.9 Å². The van der Waals surface area contributed by atoms with E-state index in [0.29, 0.717) is 30.3 Å². The van der Waals surface area contributed by atoms with Gasteiger partial charge in [0.1, 0.15) is 145 Å². The summed E-state index contributed by atoms with van der Waals surface area (Å²) in [4.78, 5) is 70.6. The molecule has 8 aliphatic heterocycles. The second-order valence-electron chi connectivity index (χ2n) is 29.8. The number of nitriles is 3. The number of ketones is 1. The number of rotatable bonds is 9. The van der Waals surface area contributed by atoms with Gasteiger partial charge in [-0.25, -0.2) is 65.8 Å². The van der Waals surface area contributed by atoms with Gasteiger partial charge in [-0.15, -0.1) is 0 Å². The number of nitrogens with one attached hydrogen (secondary N) is 4. The zero-order chi connectivity index (χ0) is 89.2. The number of benzene rings is 6. The maximum absolute atomic E-state index is 14.5. The minimum Gasteiger partial charge on any atom is -0.511 e. The third kappa shape index (κ3) is 21.4. The second-order valence-corrected chi connectivity index (χ2v) is 34.1. The molecule has 0 radical (unpaired) electrons. The van der Waals surface area contributed by atoms with E-state index in [-0.39, 0.29) is 182 Å². The van der Waals surface area contributed by atoms with Crippen LogP contribution in [-0.4, -0.2) is 118 Å². The molecule has 0 aliphatic carbocycles. The highest BCUT2D eigenvalue weighted by atomic mass is 35.5. The summed E-state index contributed by atoms with van der Waals surface area (Å²) in [5.41, 5.74) is -5.37. The van der Waals surface area contributed by atoms with Gasteiger partial charge in [-0.2, -0.15) is 20.2 Å². The van der Waals surface area contributed by atoms with Crippen molar-refractivity contribution in [3.8, 4) is 52.7 Å². The third-order valence-corrected chi connectivity index (χ3v) is 22.8. The highest BCUT2D eigenvalue weighted by Crippen LogP contribution is 2.49. The highest BCUT2D eigenvalue weighted by Gasteiger charge is 2.50. The molecule has 0 unspecified atom stereocenters. The maximum Gasteiger partial charge on any atom is 0.308 e. The van der Waals surface area contributed by atoms with E-state index in [2.05, 4.69) is 29.8 Å². The van der Waals surface area contributed by atoms with Crippen molar-refractivity contribution < 1.29 is 133 Å². The summed E-state index contributed by atoms with van der Waals surface area (Å²) in [7, 11) is -0.690. The van der Waals surface area contributed by atoms with Crippen LogP contribution in [-0.2, 0) is 77.6 Å². The first-order valence-corrected chi connectivity index (χ1v) is 39.1. The zero-order valence-electron chi connectivity index (χ0n) is 65.4. The number of ether oxygens (including phenoxy) is 8. The number of amides is 3. The largest absolute Gasteiger partial charge is 0.511 e. The molecule has 121 heavy (non-hydrogen) atoms. The van der Waals surface area contributed by atoms with Gasteiger partial charge in [0.2, 0.25) is 5.91 Å². The first kappa shape index (κ1) is 93.1. The molecular weight excluding hydrogens is 1680 g/mol. The van der Waals surface area contributed by atoms with Gasteiger partial charge in [0, 0.05) is 129 Å². The normalized spacial score (nSPS) is 20.9. The molecule has 5 N–H and O–H groups in total. The minimum absolute atomic E-state index is 0.000984. The fourth-order valence-corrected chi connectivity index (χ4v) is 15.7. The molecule has 6 atom stereocenters. The Bertz CT molecular complexity index is 5320. The van der Waals surface area contributed by atoms with Gasteiger partial charge in [0.15, 0.2) is 11.4 Å². The summed E-state index contributed by atoms with van der Waals surface area (Å²) in [6.07, 6.45) is 0.135. The number of hydrogen-bond donors (Lipinski definition) is 5. The van der Waals surface area contributed by atoms with E-state index in [4.69, 9.17) is 60.5 Å². The van der Waals surface area contributed by atoms with Crippen LogP contribution < -0.4 is 49.1 Å². The van der Waals surface area contributed by atoms with Crippen LogP contribution in [0.4, 0.5) is 52.7 Å². The molecule has 8 aliphatic rings. The number of halogens is 13. The SMILES string of the molecule is CC(C)(C)[S@@](=O)N=C1CCOc2cc(F)cc(F)c21.COC(=O)C[C@@]1(NC(=O)CC#N)CCOc2cc(F)cc(F)c21.COC(=O)C[C@@]1(N[S@](=O)C(C)(C)C)CCOc2cc(F)cc(F)c21.N#CC1=C(Cl)C[C@]2(CCOc3cc(F)cc(F)c32)NC1=O.N#CC1=C(O)C[C@]2(CCOc3cc(F)cc(F)c32)NC1=O.O=C1CCOc2cc(F)cc(F)c21. The number of Topliss-reactive ketones (excluding diaryl/α,β-unsaturated/α-hetero) is 1. The summed E-state index contributed by atoms with van der Waals surface area (Å²) < 4.78 is 234. The molecule has 3 amide bonds. The van der Waals surface area contributed by atoms with Crippen LogP contribution in [0.15, 0.2) is 99.1 Å². The number of carbonyl (C=O) groups is 6. The molecule has 0 saturated carbocycles. The summed E-state index contributed by atoms with van der Waals surface area (Å²) in [5, 5.41) is 44.0. The molecular formula is C81H75ClF12N8O17S2. The molecule has 0 bridgehead atoms. The lowest BCUT2D eigenvalue weighted by molar-refractivity contribution is -0.144. The first-order valence-electron chi connectivity index (χ1n) is 36.4. The van der Waals surface area contributed by atoms with Crippen LogP contribution in [0, 0.1) is 104 Å². The van der Waals surface area contributed by atoms with Gasteiger partial charge in [0.25, 0.3) is 11.8 Å². The smallest absolute Gasteiger partial charge is 0.308 e. The predicted molar refractivity (Wildman–Crippen MR) is 406 cm³/mol. The number of carbonyl (C=O) groups excluding carboxylic acids is 6. The van der Waals surface area contributed by atoms with E-state index in [1.165, 1.54) is 7.11 Å². The summed E-state index contributed by atoms with van der Waals surface area (Å²) in [5.74, 6) is -13.7. The van der Waals surface area contributed by atoms with Crippen molar-refractivity contribution in [2.45, 2.75) is 144 Å². The molecule has 25 nitrogen and oxygen atoms in total. The quantitative estimate of drug-likeness (QED) is 0.0663. The Labute approximate surface area is 693 Å².